The number of unbranched alkanes of at least 4 members (excludes halogenated alkanes) is 49. The maximum atomic E-state index is 13.1. The minimum atomic E-state index is -4.97. The van der Waals surface area contributed by atoms with Crippen LogP contribution in [-0.2, 0) is 65.4 Å². The van der Waals surface area contributed by atoms with E-state index in [1.54, 1.807) is 0 Å². The van der Waals surface area contributed by atoms with Crippen molar-refractivity contribution in [1.82, 2.24) is 0 Å². The molecule has 0 aromatic rings. The summed E-state index contributed by atoms with van der Waals surface area (Å²) >= 11 is 0. The zero-order valence-electron chi connectivity index (χ0n) is 65.8. The van der Waals surface area contributed by atoms with Crippen molar-refractivity contribution in [3.8, 4) is 0 Å². The number of hydrogen-bond donors (Lipinski definition) is 3. The molecule has 0 saturated carbocycles. The number of aliphatic hydroxyl groups excluding tert-OH is 1. The first-order valence-corrected chi connectivity index (χ1v) is 45.2. The summed E-state index contributed by atoms with van der Waals surface area (Å²) in [6.07, 6.45) is 73.9. The monoisotopic (exact) mass is 1490 g/mol. The normalized spacial score (nSPS) is 14.0. The maximum Gasteiger partial charge on any atom is 0.472 e. The van der Waals surface area contributed by atoms with Gasteiger partial charge in [0, 0.05) is 25.7 Å². The van der Waals surface area contributed by atoms with Gasteiger partial charge >= 0.3 is 39.5 Å². The van der Waals surface area contributed by atoms with Gasteiger partial charge < -0.3 is 33.8 Å². The molecule has 0 aliphatic heterocycles. The van der Waals surface area contributed by atoms with Gasteiger partial charge in [-0.1, -0.05) is 340 Å². The molecule has 0 aromatic carbocycles. The Morgan fingerprint density at radius 2 is 0.480 bits per heavy atom. The quantitative estimate of drug-likeness (QED) is 0.0169. The Bertz CT molecular complexity index is 2070. The van der Waals surface area contributed by atoms with Crippen molar-refractivity contribution in [2.75, 3.05) is 39.6 Å². The van der Waals surface area contributed by atoms with Crippen molar-refractivity contribution in [2.45, 2.75) is 431 Å². The van der Waals surface area contributed by atoms with Crippen LogP contribution >= 0.6 is 15.6 Å². The van der Waals surface area contributed by atoms with Gasteiger partial charge in [0.15, 0.2) is 12.2 Å². The van der Waals surface area contributed by atoms with Crippen LogP contribution in [-0.4, -0.2) is 96.7 Å². The highest BCUT2D eigenvalue weighted by atomic mass is 31.2. The van der Waals surface area contributed by atoms with Crippen LogP contribution in [0.1, 0.15) is 413 Å². The molecule has 0 saturated heterocycles. The van der Waals surface area contributed by atoms with Crippen LogP contribution < -0.4 is 0 Å². The number of allylic oxidation sites excluding steroid dienone is 6. The molecule has 0 heterocycles. The zero-order chi connectivity index (χ0) is 74.6. The highest BCUT2D eigenvalue weighted by Crippen LogP contribution is 2.45. The van der Waals surface area contributed by atoms with Crippen molar-refractivity contribution in [2.24, 2.45) is 0 Å². The highest BCUT2D eigenvalue weighted by Gasteiger charge is 2.30. The second-order valence-corrected chi connectivity index (χ2v) is 31.7. The van der Waals surface area contributed by atoms with Gasteiger partial charge in [0.2, 0.25) is 0 Å². The Hall–Kier alpha value is -2.72. The van der Waals surface area contributed by atoms with E-state index in [1.807, 2.05) is 0 Å². The molecule has 2 unspecified atom stereocenters. The molecule has 0 spiro atoms. The zero-order valence-corrected chi connectivity index (χ0v) is 67.6. The molecule has 0 bridgehead atoms. The Labute approximate surface area is 624 Å². The number of phosphoric acid groups is 2. The number of carbonyl (C=O) groups is 4. The maximum absolute atomic E-state index is 13.1. The van der Waals surface area contributed by atoms with Crippen LogP contribution in [0.2, 0.25) is 0 Å². The first kappa shape index (κ1) is 99.3. The largest absolute Gasteiger partial charge is 0.472 e. The van der Waals surface area contributed by atoms with Gasteiger partial charge in [-0.25, -0.2) is 9.13 Å². The second kappa shape index (κ2) is 76.5. The van der Waals surface area contributed by atoms with E-state index in [2.05, 4.69) is 64.2 Å². The second-order valence-electron chi connectivity index (χ2n) is 28.8. The van der Waals surface area contributed by atoms with Gasteiger partial charge in [-0.2, -0.15) is 0 Å². The first-order valence-electron chi connectivity index (χ1n) is 42.2. The molecule has 0 aliphatic carbocycles. The molecule has 0 radical (unpaired) electrons. The number of rotatable bonds is 81. The predicted octanol–water partition coefficient (Wildman–Crippen LogP) is 24.7. The lowest BCUT2D eigenvalue weighted by Gasteiger charge is -2.21. The lowest BCUT2D eigenvalue weighted by Crippen LogP contribution is -2.30. The molecule has 5 atom stereocenters. The van der Waals surface area contributed by atoms with Crippen molar-refractivity contribution in [3.05, 3.63) is 36.5 Å². The summed E-state index contributed by atoms with van der Waals surface area (Å²) in [5, 5.41) is 10.7. The molecular formula is C83H156O17P2. The van der Waals surface area contributed by atoms with Gasteiger partial charge in [-0.3, -0.25) is 37.3 Å². The van der Waals surface area contributed by atoms with E-state index >= 15 is 0 Å². The average molecular weight is 1490 g/mol. The van der Waals surface area contributed by atoms with Crippen molar-refractivity contribution in [1.29, 1.82) is 0 Å². The Balaban J connectivity index is 5.31. The number of carbonyl (C=O) groups excluding carboxylic acids is 4. The molecule has 17 nitrogen and oxygen atoms in total. The molecule has 19 heteroatoms. The third kappa shape index (κ3) is 75.5. The van der Waals surface area contributed by atoms with Crippen LogP contribution in [0.3, 0.4) is 0 Å². The topological polar surface area (TPSA) is 237 Å². The Morgan fingerprint density at radius 3 is 0.755 bits per heavy atom. The SMILES string of the molecule is CCCCC/C=C\C/C=C\CCCCCCCC(=O)OC[C@H](COP(=O)(O)OC[C@@H](O)COP(=O)(O)OC[C@@H](COC(=O)CCCCCCCCCCCCCCCCCCC)OC(=O)CCCCCCCCCCCCCCCCC)OC(=O)CCCCCCC/C=C\CCCCCCCC. The molecule has 600 valence electrons. The number of phosphoric ester groups is 2. The number of hydrogen-bond acceptors (Lipinski definition) is 15. The van der Waals surface area contributed by atoms with E-state index in [9.17, 15) is 43.2 Å². The van der Waals surface area contributed by atoms with Gasteiger partial charge in [0.1, 0.15) is 19.3 Å². The van der Waals surface area contributed by atoms with Crippen LogP contribution in [0.5, 0.6) is 0 Å². The average Bonchev–Trinajstić information content (AvgIpc) is 0.926. The predicted molar refractivity (Wildman–Crippen MR) is 418 cm³/mol. The van der Waals surface area contributed by atoms with Crippen molar-refractivity contribution < 1.29 is 80.2 Å². The van der Waals surface area contributed by atoms with Gasteiger partial charge in [0.05, 0.1) is 26.4 Å². The molecule has 0 rings (SSSR count). The van der Waals surface area contributed by atoms with E-state index in [0.717, 1.165) is 128 Å². The van der Waals surface area contributed by atoms with Crippen molar-refractivity contribution in [3.63, 3.8) is 0 Å². The number of esters is 4. The Kier molecular flexibility index (Phi) is 74.4. The van der Waals surface area contributed by atoms with E-state index in [0.29, 0.717) is 25.7 Å². The van der Waals surface area contributed by atoms with Crippen molar-refractivity contribution >= 4 is 39.5 Å². The summed E-state index contributed by atoms with van der Waals surface area (Å²) in [7, 11) is -9.94. The Morgan fingerprint density at radius 1 is 0.275 bits per heavy atom. The summed E-state index contributed by atoms with van der Waals surface area (Å²) in [6.45, 7) is 4.94. The van der Waals surface area contributed by atoms with Crippen LogP contribution in [0.25, 0.3) is 0 Å². The molecule has 0 aromatic heterocycles. The molecular weight excluding hydrogens is 1330 g/mol. The van der Waals surface area contributed by atoms with E-state index in [1.165, 1.54) is 205 Å². The fraction of sp³-hybridized carbons (Fsp3) is 0.880. The van der Waals surface area contributed by atoms with Crippen LogP contribution in [0.4, 0.5) is 0 Å². The molecule has 0 aliphatic rings. The van der Waals surface area contributed by atoms with E-state index < -0.39 is 97.5 Å². The fourth-order valence-electron chi connectivity index (χ4n) is 12.1. The summed E-state index contributed by atoms with van der Waals surface area (Å²) < 4.78 is 68.8. The fourth-order valence-corrected chi connectivity index (χ4v) is 13.7. The highest BCUT2D eigenvalue weighted by molar-refractivity contribution is 7.47. The van der Waals surface area contributed by atoms with Gasteiger partial charge in [-0.05, 0) is 83.5 Å². The van der Waals surface area contributed by atoms with Crippen LogP contribution in [0, 0.1) is 0 Å². The van der Waals surface area contributed by atoms with Crippen LogP contribution in [0.15, 0.2) is 36.5 Å². The smallest absolute Gasteiger partial charge is 0.462 e. The molecule has 3 N–H and O–H groups in total. The minimum Gasteiger partial charge on any atom is -0.462 e. The number of aliphatic hydroxyl groups is 1. The first-order chi connectivity index (χ1) is 49.7. The molecule has 102 heavy (non-hydrogen) atoms. The van der Waals surface area contributed by atoms with E-state index in [4.69, 9.17) is 37.0 Å². The minimum absolute atomic E-state index is 0.0883. The summed E-state index contributed by atoms with van der Waals surface area (Å²) in [5.41, 5.74) is 0. The summed E-state index contributed by atoms with van der Waals surface area (Å²) in [4.78, 5) is 73.1. The lowest BCUT2D eigenvalue weighted by atomic mass is 10.0. The summed E-state index contributed by atoms with van der Waals surface area (Å²) in [6, 6.07) is 0. The molecule has 0 fully saturated rings. The van der Waals surface area contributed by atoms with E-state index in [-0.39, 0.29) is 25.7 Å². The number of ether oxygens (including phenoxy) is 4. The lowest BCUT2D eigenvalue weighted by molar-refractivity contribution is -0.161. The standard InChI is InChI=1S/C83H156O17P2/c1-5-9-13-17-21-25-29-33-37-38-42-44-48-52-56-60-64-68-81(86)94-74-79(100-83(88)70-66-62-58-54-50-46-41-36-32-28-24-20-16-12-8-4)76-98-102(91,92)96-72-77(84)71-95-101(89,90)97-75-78(99-82(87)69-65-61-57-53-49-45-40-35-31-27-23-19-15-11-7-3)73-93-80(85)67-63-59-55-51-47-43-39-34-30-26-22-18-14-10-6-2/h22,26,34-35,39-40,77-79,84H,5-21,23-25,27-33,36-38,41-76H2,1-4H3,(H,89,90)(H,91,92)/b26-22-,39-34-,40-35-/t77-,78-,79-/m1/s1. The molecule has 0 amide bonds. The summed E-state index contributed by atoms with van der Waals surface area (Å²) in [5.74, 6) is -2.15. The third-order valence-corrected chi connectivity index (χ3v) is 20.5. The van der Waals surface area contributed by atoms with Gasteiger partial charge in [0.25, 0.3) is 0 Å². The third-order valence-electron chi connectivity index (χ3n) is 18.6. The van der Waals surface area contributed by atoms with Gasteiger partial charge in [-0.15, -0.1) is 0 Å².